The number of nitro benzene ring substituents is 1. The molecule has 3 rings (SSSR count). The number of carbonyl (C=O) groups excluding carboxylic acids is 1. The Kier molecular flexibility index (Phi) is 2.26. The summed E-state index contributed by atoms with van der Waals surface area (Å²) in [6.07, 6.45) is 2.54. The Labute approximate surface area is 104 Å². The van der Waals surface area contributed by atoms with Crippen LogP contribution in [-0.4, -0.2) is 16.4 Å². The van der Waals surface area contributed by atoms with Crippen molar-refractivity contribution in [3.05, 3.63) is 28.3 Å². The highest BCUT2D eigenvalue weighted by molar-refractivity contribution is 5.83. The maximum absolute atomic E-state index is 11.3. The summed E-state index contributed by atoms with van der Waals surface area (Å²) in [5, 5.41) is 17.4. The van der Waals surface area contributed by atoms with Gasteiger partial charge in [-0.1, -0.05) is 0 Å². The van der Waals surface area contributed by atoms with Gasteiger partial charge < -0.3 is 10.6 Å². The summed E-state index contributed by atoms with van der Waals surface area (Å²) in [4.78, 5) is 21.6. The van der Waals surface area contributed by atoms with E-state index in [1.807, 2.05) is 0 Å². The van der Waals surface area contributed by atoms with E-state index < -0.39 is 4.92 Å². The van der Waals surface area contributed by atoms with Crippen LogP contribution in [-0.2, 0) is 4.79 Å². The Bertz CT molecular complexity index is 531. The third-order valence-corrected chi connectivity index (χ3v) is 3.62. The van der Waals surface area contributed by atoms with Crippen LogP contribution in [0.2, 0.25) is 0 Å². The van der Waals surface area contributed by atoms with Crippen LogP contribution >= 0.6 is 0 Å². The number of benzene rings is 1. The van der Waals surface area contributed by atoms with Crippen molar-refractivity contribution in [1.82, 2.24) is 0 Å². The molecule has 1 aromatic carbocycles. The topological polar surface area (TPSA) is 84.3 Å². The summed E-state index contributed by atoms with van der Waals surface area (Å²) >= 11 is 0. The Morgan fingerprint density at radius 1 is 1.17 bits per heavy atom. The highest BCUT2D eigenvalue weighted by Crippen LogP contribution is 2.41. The molecule has 0 radical (unpaired) electrons. The van der Waals surface area contributed by atoms with Crippen molar-refractivity contribution in [2.24, 2.45) is 0 Å². The zero-order valence-electron chi connectivity index (χ0n) is 9.73. The van der Waals surface area contributed by atoms with Crippen LogP contribution in [0.1, 0.15) is 25.7 Å². The number of anilines is 2. The summed E-state index contributed by atoms with van der Waals surface area (Å²) < 4.78 is 0. The second-order valence-electron chi connectivity index (χ2n) is 4.86. The van der Waals surface area contributed by atoms with Crippen molar-refractivity contribution >= 4 is 22.8 Å². The van der Waals surface area contributed by atoms with Gasteiger partial charge in [-0.15, -0.1) is 0 Å². The molecule has 18 heavy (non-hydrogen) atoms. The molecule has 6 heteroatoms. The van der Waals surface area contributed by atoms with E-state index in [9.17, 15) is 14.9 Å². The molecule has 1 aliphatic heterocycles. The van der Waals surface area contributed by atoms with Gasteiger partial charge in [0.1, 0.15) is 11.4 Å². The van der Waals surface area contributed by atoms with Crippen molar-refractivity contribution in [3.8, 4) is 0 Å². The number of rotatable bonds is 1. The lowest BCUT2D eigenvalue weighted by atomic mass is 9.89. The predicted molar refractivity (Wildman–Crippen MR) is 66.5 cm³/mol. The standard InChI is InChI=1S/C12H13N3O3/c16-9-3-5-12(6-4-9)13-10-2-1-8(15(17)18)7-11(10)14-12/h1-2,7,13-14H,3-6H2. The van der Waals surface area contributed by atoms with E-state index in [0.717, 1.165) is 11.4 Å². The quantitative estimate of drug-likeness (QED) is 0.587. The van der Waals surface area contributed by atoms with Gasteiger partial charge in [0.25, 0.3) is 5.69 Å². The first-order valence-corrected chi connectivity index (χ1v) is 5.95. The average Bonchev–Trinajstić information content (AvgIpc) is 2.70. The zero-order chi connectivity index (χ0) is 12.8. The van der Waals surface area contributed by atoms with Crippen LogP contribution < -0.4 is 10.6 Å². The predicted octanol–water partition coefficient (Wildman–Crippen LogP) is 2.27. The molecule has 6 nitrogen and oxygen atoms in total. The molecule has 2 aliphatic rings. The number of non-ortho nitro benzene ring substituents is 1. The Hall–Kier alpha value is -2.11. The van der Waals surface area contributed by atoms with E-state index in [1.54, 1.807) is 6.07 Å². The van der Waals surface area contributed by atoms with Crippen LogP contribution in [0.25, 0.3) is 0 Å². The fourth-order valence-electron chi connectivity index (χ4n) is 2.61. The van der Waals surface area contributed by atoms with Gasteiger partial charge in [0.05, 0.1) is 16.3 Å². The fourth-order valence-corrected chi connectivity index (χ4v) is 2.61. The largest absolute Gasteiger partial charge is 0.361 e. The Morgan fingerprint density at radius 3 is 2.50 bits per heavy atom. The number of hydrogen-bond acceptors (Lipinski definition) is 5. The third-order valence-electron chi connectivity index (χ3n) is 3.62. The number of ketones is 1. The smallest absolute Gasteiger partial charge is 0.271 e. The van der Waals surface area contributed by atoms with E-state index >= 15 is 0 Å². The summed E-state index contributed by atoms with van der Waals surface area (Å²) in [6.45, 7) is 0. The van der Waals surface area contributed by atoms with Gasteiger partial charge >= 0.3 is 0 Å². The van der Waals surface area contributed by atoms with Crippen LogP contribution in [0.4, 0.5) is 17.1 Å². The van der Waals surface area contributed by atoms with Crippen LogP contribution in [0.15, 0.2) is 18.2 Å². The minimum Gasteiger partial charge on any atom is -0.361 e. The number of nitrogens with zero attached hydrogens (tertiary/aromatic N) is 1. The van der Waals surface area contributed by atoms with Gasteiger partial charge in [-0.2, -0.15) is 0 Å². The second kappa shape index (κ2) is 3.69. The molecule has 0 aromatic heterocycles. The molecular formula is C12H13N3O3. The number of nitro groups is 1. The molecule has 0 atom stereocenters. The minimum absolute atomic E-state index is 0.0759. The molecule has 0 unspecified atom stereocenters. The van der Waals surface area contributed by atoms with E-state index in [-0.39, 0.29) is 17.1 Å². The highest BCUT2D eigenvalue weighted by Gasteiger charge is 2.39. The van der Waals surface area contributed by atoms with Gasteiger partial charge in [-0.05, 0) is 18.9 Å². The number of nitrogens with one attached hydrogen (secondary N) is 2. The fraction of sp³-hybridized carbons (Fsp3) is 0.417. The summed E-state index contributed by atoms with van der Waals surface area (Å²) in [6, 6.07) is 4.74. The molecule has 1 spiro atoms. The molecule has 1 aliphatic carbocycles. The number of hydrogen-bond donors (Lipinski definition) is 2. The van der Waals surface area contributed by atoms with Gasteiger partial charge in [0, 0.05) is 25.0 Å². The second-order valence-corrected chi connectivity index (χ2v) is 4.86. The SMILES string of the molecule is O=C1CCC2(CC1)Nc1ccc([N+](=O)[O-])cc1N2. The average molecular weight is 247 g/mol. The lowest BCUT2D eigenvalue weighted by Gasteiger charge is -2.34. The number of carbonyl (C=O) groups is 1. The van der Waals surface area contributed by atoms with E-state index in [1.165, 1.54) is 12.1 Å². The first-order valence-electron chi connectivity index (χ1n) is 5.95. The number of Topliss-reactive ketones (excluding diaryl/α,β-unsaturated/α-hetero) is 1. The first-order chi connectivity index (χ1) is 8.58. The molecule has 1 saturated carbocycles. The van der Waals surface area contributed by atoms with Crippen LogP contribution in [0, 0.1) is 10.1 Å². The van der Waals surface area contributed by atoms with Gasteiger partial charge in [0.15, 0.2) is 0 Å². The van der Waals surface area contributed by atoms with Gasteiger partial charge in [-0.25, -0.2) is 0 Å². The summed E-state index contributed by atoms with van der Waals surface area (Å²) in [5.74, 6) is 0.283. The van der Waals surface area contributed by atoms with E-state index in [4.69, 9.17) is 0 Å². The normalized spacial score (nSPS) is 20.1. The lowest BCUT2D eigenvalue weighted by molar-refractivity contribution is -0.384. The van der Waals surface area contributed by atoms with E-state index in [0.29, 0.717) is 25.7 Å². The first kappa shape index (κ1) is 11.0. The number of fused-ring (bicyclic) bond motifs is 1. The Morgan fingerprint density at radius 2 is 1.83 bits per heavy atom. The molecule has 0 saturated heterocycles. The van der Waals surface area contributed by atoms with Crippen molar-refractivity contribution in [1.29, 1.82) is 0 Å². The molecule has 0 bridgehead atoms. The molecule has 94 valence electrons. The Balaban J connectivity index is 1.87. The molecule has 2 N–H and O–H groups in total. The van der Waals surface area contributed by atoms with Crippen molar-refractivity contribution in [2.75, 3.05) is 10.6 Å². The monoisotopic (exact) mass is 247 g/mol. The summed E-state index contributed by atoms with van der Waals surface area (Å²) in [5.41, 5.74) is 1.39. The molecular weight excluding hydrogens is 234 g/mol. The van der Waals surface area contributed by atoms with Crippen molar-refractivity contribution in [2.45, 2.75) is 31.3 Å². The maximum atomic E-state index is 11.3. The highest BCUT2D eigenvalue weighted by atomic mass is 16.6. The van der Waals surface area contributed by atoms with Crippen LogP contribution in [0.5, 0.6) is 0 Å². The van der Waals surface area contributed by atoms with Crippen molar-refractivity contribution < 1.29 is 9.72 Å². The lowest BCUT2D eigenvalue weighted by Crippen LogP contribution is -2.45. The summed E-state index contributed by atoms with van der Waals surface area (Å²) in [7, 11) is 0. The van der Waals surface area contributed by atoms with Crippen molar-refractivity contribution in [3.63, 3.8) is 0 Å². The minimum atomic E-state index is -0.405. The zero-order valence-corrected chi connectivity index (χ0v) is 9.73. The van der Waals surface area contributed by atoms with E-state index in [2.05, 4.69) is 10.6 Å². The third kappa shape index (κ3) is 1.70. The maximum Gasteiger partial charge on any atom is 0.271 e. The molecule has 1 heterocycles. The van der Waals surface area contributed by atoms with Gasteiger partial charge in [-0.3, -0.25) is 14.9 Å². The van der Waals surface area contributed by atoms with Gasteiger partial charge in [0.2, 0.25) is 0 Å². The van der Waals surface area contributed by atoms with Crippen LogP contribution in [0.3, 0.4) is 0 Å². The molecule has 0 amide bonds. The molecule has 1 aromatic rings. The molecule has 1 fully saturated rings.